The highest BCUT2D eigenvalue weighted by Crippen LogP contribution is 2.32. The van der Waals surface area contributed by atoms with Gasteiger partial charge in [-0.2, -0.15) is 0 Å². The number of rotatable bonds is 4. The van der Waals surface area contributed by atoms with Crippen LogP contribution in [0.25, 0.3) is 10.9 Å². The molecule has 0 aliphatic carbocycles. The molecule has 0 bridgehead atoms. The first-order valence-corrected chi connectivity index (χ1v) is 7.88. The first-order chi connectivity index (χ1) is 11.0. The average Bonchev–Trinajstić information content (AvgIpc) is 2.53. The van der Waals surface area contributed by atoms with E-state index in [-0.39, 0.29) is 6.04 Å². The average molecular weight is 348 g/mol. The van der Waals surface area contributed by atoms with Crippen molar-refractivity contribution >= 4 is 34.1 Å². The van der Waals surface area contributed by atoms with E-state index in [4.69, 9.17) is 33.7 Å². The van der Waals surface area contributed by atoms with Crippen LogP contribution in [-0.4, -0.2) is 9.97 Å². The Morgan fingerprint density at radius 2 is 2.04 bits per heavy atom. The number of nitrogens with two attached hydrogens (primary N) is 1. The van der Waals surface area contributed by atoms with E-state index in [1.165, 1.54) is 0 Å². The molecule has 3 rings (SSSR count). The number of aromatic nitrogens is 2. The predicted molar refractivity (Wildman–Crippen MR) is 92.9 cm³/mol. The zero-order valence-corrected chi connectivity index (χ0v) is 14.0. The lowest BCUT2D eigenvalue weighted by Crippen LogP contribution is -2.06. The smallest absolute Gasteiger partial charge is 0.140 e. The molecule has 2 aromatic heterocycles. The van der Waals surface area contributed by atoms with Gasteiger partial charge in [0.15, 0.2) is 0 Å². The molecule has 1 atom stereocenters. The number of fused-ring (bicyclic) bond motifs is 1. The lowest BCUT2D eigenvalue weighted by molar-refractivity contribution is 0.302. The van der Waals surface area contributed by atoms with Gasteiger partial charge in [0.2, 0.25) is 0 Å². The van der Waals surface area contributed by atoms with Crippen molar-refractivity contribution in [1.29, 1.82) is 0 Å². The van der Waals surface area contributed by atoms with Gasteiger partial charge in [-0.3, -0.25) is 4.98 Å². The molecule has 0 amide bonds. The number of hydrogen-bond donors (Lipinski definition) is 1. The molecule has 0 spiro atoms. The first-order valence-electron chi connectivity index (χ1n) is 7.12. The van der Waals surface area contributed by atoms with Crippen molar-refractivity contribution in [2.24, 2.45) is 5.73 Å². The molecule has 118 valence electrons. The molecule has 0 radical (unpaired) electrons. The lowest BCUT2D eigenvalue weighted by atomic mass is 10.1. The number of halogens is 2. The van der Waals surface area contributed by atoms with Crippen LogP contribution >= 0.6 is 23.2 Å². The van der Waals surface area contributed by atoms with Gasteiger partial charge >= 0.3 is 0 Å². The van der Waals surface area contributed by atoms with E-state index in [9.17, 15) is 0 Å². The van der Waals surface area contributed by atoms with Crippen LogP contribution in [0.15, 0.2) is 42.6 Å². The fourth-order valence-electron chi connectivity index (χ4n) is 2.23. The summed E-state index contributed by atoms with van der Waals surface area (Å²) in [6.07, 6.45) is 1.72. The fourth-order valence-corrected chi connectivity index (χ4v) is 2.78. The van der Waals surface area contributed by atoms with E-state index in [1.807, 2.05) is 31.2 Å². The van der Waals surface area contributed by atoms with Crippen molar-refractivity contribution in [2.75, 3.05) is 0 Å². The van der Waals surface area contributed by atoms with Gasteiger partial charge in [0, 0.05) is 29.3 Å². The van der Waals surface area contributed by atoms with Gasteiger partial charge < -0.3 is 10.5 Å². The highest BCUT2D eigenvalue weighted by Gasteiger charge is 2.12. The molecular weight excluding hydrogens is 333 g/mol. The van der Waals surface area contributed by atoms with E-state index in [2.05, 4.69) is 9.97 Å². The molecule has 0 fully saturated rings. The second-order valence-electron chi connectivity index (χ2n) is 5.24. The van der Waals surface area contributed by atoms with Crippen LogP contribution in [0.5, 0.6) is 5.75 Å². The Bertz CT molecular complexity index is 838. The Hall–Kier alpha value is -1.88. The van der Waals surface area contributed by atoms with Crippen LogP contribution in [0.4, 0.5) is 0 Å². The molecule has 0 saturated heterocycles. The van der Waals surface area contributed by atoms with Crippen molar-refractivity contribution in [3.05, 3.63) is 64.0 Å². The first kappa shape index (κ1) is 16.0. The third-order valence-electron chi connectivity index (χ3n) is 3.44. The number of nitrogens with zero attached hydrogens (tertiary/aromatic N) is 2. The summed E-state index contributed by atoms with van der Waals surface area (Å²) in [5.74, 6) is 0.543. The fraction of sp³-hybridized carbons (Fsp3) is 0.176. The highest BCUT2D eigenvalue weighted by molar-refractivity contribution is 6.33. The topological polar surface area (TPSA) is 61.0 Å². The van der Waals surface area contributed by atoms with Crippen LogP contribution < -0.4 is 10.5 Å². The maximum absolute atomic E-state index is 6.30. The summed E-state index contributed by atoms with van der Waals surface area (Å²) < 4.78 is 5.75. The SMILES string of the molecule is CC(N)c1cc2cc(Cl)c(OCc3ccccn3)cc2nc1Cl. The summed E-state index contributed by atoms with van der Waals surface area (Å²) >= 11 is 12.5. The van der Waals surface area contributed by atoms with E-state index in [0.717, 1.165) is 16.6 Å². The zero-order valence-electron chi connectivity index (χ0n) is 12.5. The minimum Gasteiger partial charge on any atom is -0.486 e. The number of ether oxygens (including phenoxy) is 1. The lowest BCUT2D eigenvalue weighted by Gasteiger charge is -2.12. The third-order valence-corrected chi connectivity index (χ3v) is 4.04. The Kier molecular flexibility index (Phi) is 4.66. The van der Waals surface area contributed by atoms with E-state index in [1.54, 1.807) is 18.3 Å². The minimum atomic E-state index is -0.196. The zero-order chi connectivity index (χ0) is 16.4. The summed E-state index contributed by atoms with van der Waals surface area (Å²) in [4.78, 5) is 8.60. The Morgan fingerprint density at radius 1 is 1.22 bits per heavy atom. The second kappa shape index (κ2) is 6.71. The third kappa shape index (κ3) is 3.55. The maximum atomic E-state index is 6.30. The van der Waals surface area contributed by atoms with Crippen molar-refractivity contribution in [1.82, 2.24) is 9.97 Å². The molecule has 0 saturated carbocycles. The van der Waals surface area contributed by atoms with Crippen molar-refractivity contribution < 1.29 is 4.74 Å². The highest BCUT2D eigenvalue weighted by atomic mass is 35.5. The number of benzene rings is 1. The van der Waals surface area contributed by atoms with Crippen molar-refractivity contribution in [3.8, 4) is 5.75 Å². The minimum absolute atomic E-state index is 0.196. The summed E-state index contributed by atoms with van der Waals surface area (Å²) in [5, 5.41) is 1.77. The van der Waals surface area contributed by atoms with Crippen molar-refractivity contribution in [3.63, 3.8) is 0 Å². The normalized spacial score (nSPS) is 12.3. The predicted octanol–water partition coefficient (Wildman–Crippen LogP) is 4.54. The molecule has 0 aliphatic rings. The van der Waals surface area contributed by atoms with Gasteiger partial charge in [0.25, 0.3) is 0 Å². The van der Waals surface area contributed by atoms with Gasteiger partial charge in [0.1, 0.15) is 17.5 Å². The summed E-state index contributed by atoms with van der Waals surface area (Å²) in [5.41, 5.74) is 8.22. The molecule has 23 heavy (non-hydrogen) atoms. The summed E-state index contributed by atoms with van der Waals surface area (Å²) in [7, 11) is 0. The largest absolute Gasteiger partial charge is 0.486 e. The van der Waals surface area contributed by atoms with Crippen LogP contribution in [0.3, 0.4) is 0 Å². The molecule has 1 unspecified atom stereocenters. The van der Waals surface area contributed by atoms with Crippen molar-refractivity contribution in [2.45, 2.75) is 19.6 Å². The molecule has 3 aromatic rings. The van der Waals surface area contributed by atoms with Crippen LogP contribution in [-0.2, 0) is 6.61 Å². The van der Waals surface area contributed by atoms with Gasteiger partial charge in [-0.1, -0.05) is 29.3 Å². The Balaban J connectivity index is 1.93. The van der Waals surface area contributed by atoms with Gasteiger partial charge in [-0.15, -0.1) is 0 Å². The maximum Gasteiger partial charge on any atom is 0.140 e. The number of pyridine rings is 2. The molecule has 6 heteroatoms. The van der Waals surface area contributed by atoms with Crippen LogP contribution in [0.2, 0.25) is 10.2 Å². The van der Waals surface area contributed by atoms with Gasteiger partial charge in [-0.05, 0) is 31.2 Å². The van der Waals surface area contributed by atoms with Crippen LogP contribution in [0, 0.1) is 0 Å². The number of hydrogen-bond acceptors (Lipinski definition) is 4. The summed E-state index contributed by atoms with van der Waals surface area (Å²) in [6.45, 7) is 2.19. The Morgan fingerprint density at radius 3 is 2.74 bits per heavy atom. The van der Waals surface area contributed by atoms with Crippen LogP contribution in [0.1, 0.15) is 24.2 Å². The quantitative estimate of drug-likeness (QED) is 0.704. The van der Waals surface area contributed by atoms with E-state index < -0.39 is 0 Å². The van der Waals surface area contributed by atoms with Gasteiger partial charge in [-0.25, -0.2) is 4.98 Å². The Labute approximate surface area is 144 Å². The molecule has 4 nitrogen and oxygen atoms in total. The second-order valence-corrected chi connectivity index (χ2v) is 6.01. The molecular formula is C17H15Cl2N3O. The van der Waals surface area contributed by atoms with Gasteiger partial charge in [0.05, 0.1) is 16.2 Å². The standard InChI is InChI=1S/C17H15Cl2N3O/c1-10(20)13-6-11-7-14(18)16(8-15(11)22-17(13)19)23-9-12-4-2-3-5-21-12/h2-8,10H,9,20H2,1H3. The molecule has 0 aliphatic heterocycles. The molecule has 1 aromatic carbocycles. The monoisotopic (exact) mass is 347 g/mol. The summed E-state index contributed by atoms with van der Waals surface area (Å²) in [6, 6.07) is 10.9. The van der Waals surface area contributed by atoms with E-state index in [0.29, 0.717) is 28.0 Å². The molecule has 2 heterocycles. The van der Waals surface area contributed by atoms with E-state index >= 15 is 0 Å². The molecule has 2 N–H and O–H groups in total.